The maximum atomic E-state index is 11.8. The summed E-state index contributed by atoms with van der Waals surface area (Å²) in [5.41, 5.74) is 0.170. The Balaban J connectivity index is 2.62. The monoisotopic (exact) mass is 293 g/mol. The maximum absolute atomic E-state index is 11.8. The Morgan fingerprint density at radius 1 is 1.44 bits per heavy atom. The molecule has 0 saturated heterocycles. The third kappa shape index (κ3) is 4.38. The minimum Gasteiger partial charge on any atom is -0.382 e. The van der Waals surface area contributed by atoms with Crippen LogP contribution in [0.1, 0.15) is 10.4 Å². The number of halogens is 2. The van der Waals surface area contributed by atoms with Crippen LogP contribution in [0.5, 0.6) is 0 Å². The first-order valence-electron chi connectivity index (χ1n) is 5.07. The Bertz CT molecular complexity index is 417. The number of carbonyl (C=O) groups excluding carboxylic acids is 1. The number of ether oxygens (including phenoxy) is 2. The van der Waals surface area contributed by atoms with Crippen molar-refractivity contribution in [2.75, 3.05) is 27.4 Å². The van der Waals surface area contributed by atoms with Gasteiger partial charge in [-0.1, -0.05) is 23.2 Å². The van der Waals surface area contributed by atoms with Gasteiger partial charge in [-0.05, 0) is 6.07 Å². The van der Waals surface area contributed by atoms with Crippen molar-refractivity contribution in [1.82, 2.24) is 15.5 Å². The van der Waals surface area contributed by atoms with Crippen molar-refractivity contribution in [2.45, 2.75) is 6.10 Å². The van der Waals surface area contributed by atoms with Crippen molar-refractivity contribution >= 4 is 29.1 Å². The summed E-state index contributed by atoms with van der Waals surface area (Å²) in [6.07, 6.45) is -0.233. The van der Waals surface area contributed by atoms with E-state index in [4.69, 9.17) is 32.7 Å². The van der Waals surface area contributed by atoms with Crippen molar-refractivity contribution in [2.24, 2.45) is 0 Å². The highest BCUT2D eigenvalue weighted by molar-refractivity contribution is 6.34. The number of hydrogen-bond donors (Lipinski definition) is 1. The minimum absolute atomic E-state index is 0.00221. The van der Waals surface area contributed by atoms with Crippen molar-refractivity contribution in [3.63, 3.8) is 0 Å². The molecule has 0 spiro atoms. The average molecular weight is 294 g/mol. The normalized spacial score (nSPS) is 12.2. The van der Waals surface area contributed by atoms with Gasteiger partial charge in [-0.2, -0.15) is 0 Å². The Labute approximate surface area is 115 Å². The average Bonchev–Trinajstić information content (AvgIpc) is 2.37. The standard InChI is InChI=1S/C10H13Cl2N3O3/c1-17-5-6(18-2)4-13-10(16)7-3-8(11)14-15-9(7)12/h3,6H,4-5H2,1-2H3,(H,13,16). The molecule has 18 heavy (non-hydrogen) atoms. The van der Waals surface area contributed by atoms with Crippen LogP contribution in [-0.4, -0.2) is 49.6 Å². The van der Waals surface area contributed by atoms with Crippen LogP contribution in [0.2, 0.25) is 10.3 Å². The van der Waals surface area contributed by atoms with E-state index in [1.54, 1.807) is 7.11 Å². The zero-order valence-corrected chi connectivity index (χ0v) is 11.5. The summed E-state index contributed by atoms with van der Waals surface area (Å²) in [6.45, 7) is 0.666. The van der Waals surface area contributed by atoms with E-state index < -0.39 is 5.91 Å². The summed E-state index contributed by atoms with van der Waals surface area (Å²) in [5.74, 6) is -0.394. The fourth-order valence-electron chi connectivity index (χ4n) is 1.21. The SMILES string of the molecule is COCC(CNC(=O)c1cc(Cl)nnc1Cl)OC. The highest BCUT2D eigenvalue weighted by atomic mass is 35.5. The molecular formula is C10H13Cl2N3O3. The molecule has 6 nitrogen and oxygen atoms in total. The van der Waals surface area contributed by atoms with Crippen LogP contribution < -0.4 is 5.32 Å². The summed E-state index contributed by atoms with van der Waals surface area (Å²) >= 11 is 11.4. The van der Waals surface area contributed by atoms with Crippen LogP contribution in [-0.2, 0) is 9.47 Å². The van der Waals surface area contributed by atoms with Gasteiger partial charge in [0.2, 0.25) is 0 Å². The minimum atomic E-state index is -0.394. The molecule has 0 radical (unpaired) electrons. The lowest BCUT2D eigenvalue weighted by Crippen LogP contribution is -2.35. The number of rotatable bonds is 6. The number of methoxy groups -OCH3 is 2. The molecular weight excluding hydrogens is 281 g/mol. The summed E-state index contributed by atoms with van der Waals surface area (Å²) in [4.78, 5) is 11.8. The van der Waals surface area contributed by atoms with Crippen molar-refractivity contribution in [1.29, 1.82) is 0 Å². The molecule has 100 valence electrons. The van der Waals surface area contributed by atoms with E-state index in [9.17, 15) is 4.79 Å². The van der Waals surface area contributed by atoms with Gasteiger partial charge in [-0.25, -0.2) is 0 Å². The molecule has 1 aromatic heterocycles. The van der Waals surface area contributed by atoms with Gasteiger partial charge in [0.1, 0.15) is 0 Å². The predicted molar refractivity (Wildman–Crippen MR) is 67.1 cm³/mol. The van der Waals surface area contributed by atoms with E-state index in [1.165, 1.54) is 13.2 Å². The van der Waals surface area contributed by atoms with Crippen LogP contribution in [0.3, 0.4) is 0 Å². The van der Waals surface area contributed by atoms with Crippen LogP contribution in [0.15, 0.2) is 6.07 Å². The molecule has 1 heterocycles. The first-order valence-corrected chi connectivity index (χ1v) is 5.82. The molecule has 1 atom stereocenters. The van der Waals surface area contributed by atoms with E-state index in [1.807, 2.05) is 0 Å². The number of hydrogen-bond acceptors (Lipinski definition) is 5. The van der Waals surface area contributed by atoms with Gasteiger partial charge in [0.25, 0.3) is 5.91 Å². The fourth-order valence-corrected chi connectivity index (χ4v) is 1.54. The molecule has 0 fully saturated rings. The van der Waals surface area contributed by atoms with E-state index in [0.29, 0.717) is 13.2 Å². The molecule has 1 rings (SSSR count). The Kier molecular flexibility index (Phi) is 6.28. The molecule has 1 N–H and O–H groups in total. The first-order chi connectivity index (χ1) is 8.58. The van der Waals surface area contributed by atoms with Crippen molar-refractivity contribution < 1.29 is 14.3 Å². The molecule has 0 aliphatic heterocycles. The van der Waals surface area contributed by atoms with Gasteiger partial charge in [-0.15, -0.1) is 10.2 Å². The van der Waals surface area contributed by atoms with Crippen LogP contribution in [0.25, 0.3) is 0 Å². The third-order valence-corrected chi connectivity index (χ3v) is 2.60. The van der Waals surface area contributed by atoms with Crippen molar-refractivity contribution in [3.05, 3.63) is 21.9 Å². The smallest absolute Gasteiger partial charge is 0.254 e. The largest absolute Gasteiger partial charge is 0.382 e. The Hall–Kier alpha value is -0.950. The molecule has 1 amide bonds. The van der Waals surface area contributed by atoms with Gasteiger partial charge >= 0.3 is 0 Å². The summed E-state index contributed by atoms with van der Waals surface area (Å²) in [5, 5.41) is 9.82. The first kappa shape index (κ1) is 15.1. The number of amides is 1. The van der Waals surface area contributed by atoms with Crippen LogP contribution in [0.4, 0.5) is 0 Å². The van der Waals surface area contributed by atoms with E-state index >= 15 is 0 Å². The Morgan fingerprint density at radius 2 is 2.17 bits per heavy atom. The molecule has 0 aliphatic rings. The zero-order chi connectivity index (χ0) is 13.5. The summed E-state index contributed by atoms with van der Waals surface area (Å²) in [6, 6.07) is 1.35. The molecule has 0 aromatic carbocycles. The van der Waals surface area contributed by atoms with E-state index in [-0.39, 0.29) is 22.0 Å². The van der Waals surface area contributed by atoms with Gasteiger partial charge < -0.3 is 14.8 Å². The van der Waals surface area contributed by atoms with Gasteiger partial charge in [0.15, 0.2) is 10.3 Å². The van der Waals surface area contributed by atoms with Gasteiger partial charge in [0.05, 0.1) is 18.3 Å². The number of nitrogens with one attached hydrogen (secondary N) is 1. The molecule has 0 bridgehead atoms. The predicted octanol–water partition coefficient (Wildman–Crippen LogP) is 1.17. The number of aromatic nitrogens is 2. The lowest BCUT2D eigenvalue weighted by Gasteiger charge is -2.15. The van der Waals surface area contributed by atoms with E-state index in [2.05, 4.69) is 15.5 Å². The van der Waals surface area contributed by atoms with Crippen LogP contribution in [0, 0.1) is 0 Å². The lowest BCUT2D eigenvalue weighted by atomic mass is 10.3. The second-order valence-electron chi connectivity index (χ2n) is 3.39. The highest BCUT2D eigenvalue weighted by Gasteiger charge is 2.15. The number of nitrogens with zero attached hydrogens (tertiary/aromatic N) is 2. The maximum Gasteiger partial charge on any atom is 0.254 e. The summed E-state index contributed by atoms with van der Waals surface area (Å²) in [7, 11) is 3.09. The molecule has 8 heteroatoms. The third-order valence-electron chi connectivity index (χ3n) is 2.14. The molecule has 0 aliphatic carbocycles. The van der Waals surface area contributed by atoms with Gasteiger partial charge in [0, 0.05) is 20.8 Å². The summed E-state index contributed by atoms with van der Waals surface area (Å²) < 4.78 is 10.0. The van der Waals surface area contributed by atoms with Crippen LogP contribution >= 0.6 is 23.2 Å². The van der Waals surface area contributed by atoms with E-state index in [0.717, 1.165) is 0 Å². The molecule has 0 saturated carbocycles. The number of carbonyl (C=O) groups is 1. The fraction of sp³-hybridized carbons (Fsp3) is 0.500. The zero-order valence-electron chi connectivity index (χ0n) is 9.94. The quantitative estimate of drug-likeness (QED) is 0.852. The molecule has 1 unspecified atom stereocenters. The van der Waals surface area contributed by atoms with Gasteiger partial charge in [-0.3, -0.25) is 4.79 Å². The second-order valence-corrected chi connectivity index (χ2v) is 4.14. The Morgan fingerprint density at radius 3 is 2.78 bits per heavy atom. The van der Waals surface area contributed by atoms with Crippen molar-refractivity contribution in [3.8, 4) is 0 Å². The highest BCUT2D eigenvalue weighted by Crippen LogP contribution is 2.14. The lowest BCUT2D eigenvalue weighted by molar-refractivity contribution is 0.0285. The molecule has 1 aromatic rings. The topological polar surface area (TPSA) is 73.3 Å². The second kappa shape index (κ2) is 7.48.